The van der Waals surface area contributed by atoms with E-state index in [0.717, 1.165) is 6.54 Å². The molecule has 1 N–H and O–H groups in total. The summed E-state index contributed by atoms with van der Waals surface area (Å²) in [6.45, 7) is 13.6. The quantitative estimate of drug-likeness (QED) is 0.894. The van der Waals surface area contributed by atoms with Crippen LogP contribution >= 0.6 is 0 Å². The lowest BCUT2D eigenvalue weighted by Gasteiger charge is -2.31. The minimum Gasteiger partial charge on any atom is -0.310 e. The van der Waals surface area contributed by atoms with Gasteiger partial charge in [0.1, 0.15) is 0 Å². The number of nitrogens with one attached hydrogen (secondary N) is 1. The van der Waals surface area contributed by atoms with Crippen LogP contribution in [0.2, 0.25) is 0 Å². The summed E-state index contributed by atoms with van der Waals surface area (Å²) >= 11 is 0. The SMILES string of the molecule is CCN1CCC(NCc2cc(C)c(C)cc2C)CC1. The molecule has 0 aliphatic carbocycles. The van der Waals surface area contributed by atoms with Crippen molar-refractivity contribution >= 4 is 0 Å². The van der Waals surface area contributed by atoms with Crippen LogP contribution in [0.15, 0.2) is 12.1 Å². The molecule has 106 valence electrons. The van der Waals surface area contributed by atoms with E-state index in [9.17, 15) is 0 Å². The first-order valence-electron chi connectivity index (χ1n) is 7.62. The second kappa shape index (κ2) is 6.53. The smallest absolute Gasteiger partial charge is 0.0210 e. The van der Waals surface area contributed by atoms with Gasteiger partial charge in [0, 0.05) is 12.6 Å². The van der Waals surface area contributed by atoms with Crippen molar-refractivity contribution in [3.8, 4) is 0 Å². The zero-order valence-electron chi connectivity index (χ0n) is 12.9. The van der Waals surface area contributed by atoms with Gasteiger partial charge >= 0.3 is 0 Å². The van der Waals surface area contributed by atoms with Crippen LogP contribution in [0.4, 0.5) is 0 Å². The van der Waals surface area contributed by atoms with Gasteiger partial charge in [-0.25, -0.2) is 0 Å². The fourth-order valence-corrected chi connectivity index (χ4v) is 2.92. The van der Waals surface area contributed by atoms with Crippen LogP contribution in [0.5, 0.6) is 0 Å². The number of hydrogen-bond donors (Lipinski definition) is 1. The van der Waals surface area contributed by atoms with Gasteiger partial charge in [-0.1, -0.05) is 19.1 Å². The minimum atomic E-state index is 0.698. The third-order valence-electron chi connectivity index (χ3n) is 4.57. The molecule has 0 spiro atoms. The van der Waals surface area contributed by atoms with Gasteiger partial charge in [-0.3, -0.25) is 0 Å². The Labute approximate surface area is 118 Å². The minimum absolute atomic E-state index is 0.698. The standard InChI is InChI=1S/C17H28N2/c1-5-19-8-6-17(7-9-19)18-12-16-11-14(3)13(2)10-15(16)4/h10-11,17-18H,5-9,12H2,1-4H3. The molecule has 2 rings (SSSR count). The van der Waals surface area contributed by atoms with Gasteiger partial charge in [0.25, 0.3) is 0 Å². The molecule has 1 heterocycles. The molecule has 1 saturated heterocycles. The Hall–Kier alpha value is -0.860. The number of rotatable bonds is 4. The third-order valence-corrected chi connectivity index (χ3v) is 4.57. The highest BCUT2D eigenvalue weighted by molar-refractivity contribution is 5.36. The van der Waals surface area contributed by atoms with Crippen LogP contribution in [0.3, 0.4) is 0 Å². The Bertz CT molecular complexity index is 418. The molecule has 1 aliphatic heterocycles. The first-order valence-corrected chi connectivity index (χ1v) is 7.62. The normalized spacial score (nSPS) is 17.9. The molecule has 19 heavy (non-hydrogen) atoms. The number of piperidine rings is 1. The van der Waals surface area contributed by atoms with E-state index in [1.54, 1.807) is 0 Å². The molecule has 1 aromatic rings. The summed E-state index contributed by atoms with van der Waals surface area (Å²) < 4.78 is 0. The maximum absolute atomic E-state index is 3.74. The number of likely N-dealkylation sites (tertiary alicyclic amines) is 1. The molecule has 1 fully saturated rings. The summed E-state index contributed by atoms with van der Waals surface area (Å²) in [5.74, 6) is 0. The number of benzene rings is 1. The van der Waals surface area contributed by atoms with E-state index in [1.807, 2.05) is 0 Å². The first kappa shape index (κ1) is 14.5. The molecule has 0 saturated carbocycles. The highest BCUT2D eigenvalue weighted by atomic mass is 15.1. The molecule has 0 unspecified atom stereocenters. The van der Waals surface area contributed by atoms with Gasteiger partial charge in [-0.15, -0.1) is 0 Å². The molecule has 1 aromatic carbocycles. The number of hydrogen-bond acceptors (Lipinski definition) is 2. The number of aryl methyl sites for hydroxylation is 3. The number of nitrogens with zero attached hydrogens (tertiary/aromatic N) is 1. The van der Waals surface area contributed by atoms with Crippen LogP contribution in [-0.4, -0.2) is 30.6 Å². The summed E-state index contributed by atoms with van der Waals surface area (Å²) in [5, 5.41) is 3.74. The van der Waals surface area contributed by atoms with Crippen LogP contribution in [-0.2, 0) is 6.54 Å². The fraction of sp³-hybridized carbons (Fsp3) is 0.647. The highest BCUT2D eigenvalue weighted by Gasteiger charge is 2.17. The van der Waals surface area contributed by atoms with E-state index in [2.05, 4.69) is 50.0 Å². The summed E-state index contributed by atoms with van der Waals surface area (Å²) in [4.78, 5) is 2.54. The Kier molecular flexibility index (Phi) is 5.00. The predicted octanol–water partition coefficient (Wildman–Crippen LogP) is 3.19. The maximum atomic E-state index is 3.74. The monoisotopic (exact) mass is 260 g/mol. The third kappa shape index (κ3) is 3.80. The molecular weight excluding hydrogens is 232 g/mol. The summed E-state index contributed by atoms with van der Waals surface area (Å²) in [7, 11) is 0. The van der Waals surface area contributed by atoms with E-state index in [1.165, 1.54) is 54.7 Å². The van der Waals surface area contributed by atoms with Gasteiger partial charge in [0.15, 0.2) is 0 Å². The Morgan fingerprint density at radius 2 is 1.68 bits per heavy atom. The Morgan fingerprint density at radius 3 is 2.32 bits per heavy atom. The maximum Gasteiger partial charge on any atom is 0.0210 e. The van der Waals surface area contributed by atoms with Gasteiger partial charge in [-0.05, 0) is 75.5 Å². The topological polar surface area (TPSA) is 15.3 Å². The average Bonchev–Trinajstić information content (AvgIpc) is 2.42. The molecular formula is C17H28N2. The van der Waals surface area contributed by atoms with Crippen molar-refractivity contribution in [2.75, 3.05) is 19.6 Å². The van der Waals surface area contributed by atoms with E-state index < -0.39 is 0 Å². The summed E-state index contributed by atoms with van der Waals surface area (Å²) in [6, 6.07) is 5.36. The van der Waals surface area contributed by atoms with Crippen LogP contribution in [0.25, 0.3) is 0 Å². The summed E-state index contributed by atoms with van der Waals surface area (Å²) in [5.41, 5.74) is 5.68. The first-order chi connectivity index (χ1) is 9.10. The highest BCUT2D eigenvalue weighted by Crippen LogP contribution is 2.16. The van der Waals surface area contributed by atoms with Crippen molar-refractivity contribution in [1.82, 2.24) is 10.2 Å². The van der Waals surface area contributed by atoms with E-state index in [4.69, 9.17) is 0 Å². The molecule has 1 aliphatic rings. The second-order valence-electron chi connectivity index (χ2n) is 5.95. The van der Waals surface area contributed by atoms with Crippen LogP contribution in [0, 0.1) is 20.8 Å². The van der Waals surface area contributed by atoms with Crippen molar-refractivity contribution in [2.45, 2.75) is 53.1 Å². The zero-order chi connectivity index (χ0) is 13.8. The van der Waals surface area contributed by atoms with Crippen LogP contribution in [0.1, 0.15) is 42.0 Å². The molecule has 0 bridgehead atoms. The largest absolute Gasteiger partial charge is 0.310 e. The van der Waals surface area contributed by atoms with Gasteiger partial charge in [0.05, 0.1) is 0 Å². The predicted molar refractivity (Wildman–Crippen MR) is 82.6 cm³/mol. The molecule has 2 nitrogen and oxygen atoms in total. The molecule has 0 amide bonds. The van der Waals surface area contributed by atoms with Gasteiger partial charge < -0.3 is 10.2 Å². The van der Waals surface area contributed by atoms with Crippen molar-refractivity contribution in [3.63, 3.8) is 0 Å². The second-order valence-corrected chi connectivity index (χ2v) is 5.95. The van der Waals surface area contributed by atoms with Crippen LogP contribution < -0.4 is 5.32 Å². The van der Waals surface area contributed by atoms with E-state index in [-0.39, 0.29) is 0 Å². The zero-order valence-corrected chi connectivity index (χ0v) is 12.9. The molecule has 0 aromatic heterocycles. The fourth-order valence-electron chi connectivity index (χ4n) is 2.92. The van der Waals surface area contributed by atoms with Gasteiger partial charge in [-0.2, -0.15) is 0 Å². The average molecular weight is 260 g/mol. The van der Waals surface area contributed by atoms with Crippen molar-refractivity contribution in [2.24, 2.45) is 0 Å². The molecule has 0 radical (unpaired) electrons. The van der Waals surface area contributed by atoms with Crippen molar-refractivity contribution in [1.29, 1.82) is 0 Å². The molecule has 2 heteroatoms. The van der Waals surface area contributed by atoms with E-state index >= 15 is 0 Å². The summed E-state index contributed by atoms with van der Waals surface area (Å²) in [6.07, 6.45) is 2.58. The lowest BCUT2D eigenvalue weighted by Crippen LogP contribution is -2.42. The lowest BCUT2D eigenvalue weighted by molar-refractivity contribution is 0.206. The van der Waals surface area contributed by atoms with Crippen molar-refractivity contribution in [3.05, 3.63) is 34.4 Å². The Balaban J connectivity index is 1.88. The van der Waals surface area contributed by atoms with Crippen molar-refractivity contribution < 1.29 is 0 Å². The lowest BCUT2D eigenvalue weighted by atomic mass is 9.99. The molecule has 0 atom stereocenters. The van der Waals surface area contributed by atoms with E-state index in [0.29, 0.717) is 6.04 Å². The van der Waals surface area contributed by atoms with Gasteiger partial charge in [0.2, 0.25) is 0 Å². The Morgan fingerprint density at radius 1 is 1.05 bits per heavy atom.